The maximum absolute atomic E-state index is 13.8. The van der Waals surface area contributed by atoms with Crippen molar-refractivity contribution in [3.05, 3.63) is 94.0 Å². The number of hydrogen-bond acceptors (Lipinski definition) is 3. The Labute approximate surface area is 191 Å². The van der Waals surface area contributed by atoms with Crippen LogP contribution in [0.1, 0.15) is 11.1 Å². The molecule has 1 aliphatic rings. The highest BCUT2D eigenvalue weighted by Gasteiger charge is 2.58. The molecule has 2 atom stereocenters. The number of urea groups is 1. The molecular weight excluding hydrogens is 435 g/mol. The topological polar surface area (TPSA) is 53.0 Å². The van der Waals surface area contributed by atoms with Crippen molar-refractivity contribution in [3.63, 3.8) is 0 Å². The zero-order chi connectivity index (χ0) is 22.2. The Hall–Kier alpha value is -2.57. The summed E-state index contributed by atoms with van der Waals surface area (Å²) in [4.78, 5) is 16.8. The lowest BCUT2D eigenvalue weighted by Crippen LogP contribution is -2.51. The van der Waals surface area contributed by atoms with Crippen molar-refractivity contribution in [2.45, 2.75) is 18.7 Å². The van der Waals surface area contributed by atoms with E-state index in [2.05, 4.69) is 0 Å². The summed E-state index contributed by atoms with van der Waals surface area (Å²) in [5, 5.41) is 13.3. The van der Waals surface area contributed by atoms with Crippen molar-refractivity contribution < 1.29 is 14.6 Å². The fourth-order valence-electron chi connectivity index (χ4n) is 4.05. The number of ether oxygens (including phenoxy) is 1. The van der Waals surface area contributed by atoms with Crippen molar-refractivity contribution in [3.8, 4) is 0 Å². The monoisotopic (exact) mass is 456 g/mol. The molecule has 0 radical (unpaired) electrons. The van der Waals surface area contributed by atoms with Crippen LogP contribution in [0.15, 0.2) is 72.8 Å². The van der Waals surface area contributed by atoms with Crippen molar-refractivity contribution in [2.75, 3.05) is 23.5 Å². The van der Waals surface area contributed by atoms with E-state index < -0.39 is 11.8 Å². The first-order chi connectivity index (χ1) is 14.9. The van der Waals surface area contributed by atoms with Crippen LogP contribution < -0.4 is 9.80 Å². The zero-order valence-corrected chi connectivity index (χ0v) is 18.6. The molecule has 1 heterocycles. The molecule has 0 bridgehead atoms. The second kappa shape index (κ2) is 8.52. The summed E-state index contributed by atoms with van der Waals surface area (Å²) < 4.78 is 5.47. The third-order valence-corrected chi connectivity index (χ3v) is 5.98. The van der Waals surface area contributed by atoms with Crippen LogP contribution in [0.2, 0.25) is 10.0 Å². The van der Waals surface area contributed by atoms with Crippen molar-refractivity contribution in [2.24, 2.45) is 0 Å². The molecule has 7 heteroatoms. The van der Waals surface area contributed by atoms with Crippen LogP contribution in [0, 0.1) is 6.92 Å². The summed E-state index contributed by atoms with van der Waals surface area (Å²) in [6.07, 6.45) is 0. The first-order valence-corrected chi connectivity index (χ1v) is 10.5. The van der Waals surface area contributed by atoms with Gasteiger partial charge >= 0.3 is 6.03 Å². The lowest BCUT2D eigenvalue weighted by Gasteiger charge is -2.37. The van der Waals surface area contributed by atoms with Crippen LogP contribution in [-0.2, 0) is 10.5 Å². The van der Waals surface area contributed by atoms with E-state index in [1.165, 1.54) is 4.90 Å². The van der Waals surface area contributed by atoms with Crippen LogP contribution in [0.3, 0.4) is 0 Å². The number of aryl methyl sites for hydroxylation is 1. The molecule has 3 aromatic carbocycles. The predicted molar refractivity (Wildman–Crippen MR) is 124 cm³/mol. The van der Waals surface area contributed by atoms with Gasteiger partial charge in [-0.3, -0.25) is 9.80 Å². The Morgan fingerprint density at radius 2 is 1.55 bits per heavy atom. The number of carbonyl (C=O) groups excluding carboxylic acids is 1. The van der Waals surface area contributed by atoms with Crippen molar-refractivity contribution in [1.29, 1.82) is 0 Å². The number of benzene rings is 3. The summed E-state index contributed by atoms with van der Waals surface area (Å²) >= 11 is 12.1. The third-order valence-electron chi connectivity index (χ3n) is 5.47. The molecule has 31 heavy (non-hydrogen) atoms. The van der Waals surface area contributed by atoms with Gasteiger partial charge in [0.2, 0.25) is 0 Å². The maximum Gasteiger partial charge on any atom is 0.332 e. The standard InChI is InChI=1S/C24H22Cl2N2O3/c1-16-4-3-5-17(14-16)24(30)22(15-31-2)27(20-10-6-18(25)7-11-20)23(29)28(24)21-12-8-19(26)9-13-21/h3-14,22,30H,15H2,1-2H3/t22-,24?/m1/s1. The highest BCUT2D eigenvalue weighted by atomic mass is 35.5. The molecule has 2 amide bonds. The Morgan fingerprint density at radius 3 is 2.10 bits per heavy atom. The predicted octanol–water partition coefficient (Wildman–Crippen LogP) is 5.61. The highest BCUT2D eigenvalue weighted by Crippen LogP contribution is 2.45. The van der Waals surface area contributed by atoms with E-state index in [4.69, 9.17) is 27.9 Å². The number of anilines is 2. The summed E-state index contributed by atoms with van der Waals surface area (Å²) in [7, 11) is 1.55. The average molecular weight is 457 g/mol. The highest BCUT2D eigenvalue weighted by molar-refractivity contribution is 6.31. The molecule has 3 aromatic rings. The average Bonchev–Trinajstić information content (AvgIpc) is 2.97. The van der Waals surface area contributed by atoms with Gasteiger partial charge in [0.05, 0.1) is 6.61 Å². The van der Waals surface area contributed by atoms with E-state index in [1.54, 1.807) is 60.5 Å². The maximum atomic E-state index is 13.8. The molecule has 1 fully saturated rings. The molecule has 160 valence electrons. The van der Waals surface area contributed by atoms with Gasteiger partial charge in [-0.15, -0.1) is 0 Å². The molecule has 1 aliphatic heterocycles. The number of halogens is 2. The normalized spacial score (nSPS) is 21.1. The summed E-state index contributed by atoms with van der Waals surface area (Å²) in [5.74, 6) is 0. The molecule has 4 rings (SSSR count). The van der Waals surface area contributed by atoms with Gasteiger partial charge in [0.1, 0.15) is 6.04 Å². The van der Waals surface area contributed by atoms with Gasteiger partial charge in [-0.25, -0.2) is 4.79 Å². The SMILES string of the molecule is COC[C@H]1N(c2ccc(Cl)cc2)C(=O)N(c2ccc(Cl)cc2)C1(O)c1cccc(C)c1. The molecule has 1 N–H and O–H groups in total. The van der Waals surface area contributed by atoms with Gasteiger partial charge in [-0.1, -0.05) is 53.0 Å². The minimum Gasteiger partial charge on any atom is -0.382 e. The number of nitrogens with zero attached hydrogens (tertiary/aromatic N) is 2. The first kappa shape index (κ1) is 21.7. The Morgan fingerprint density at radius 1 is 0.968 bits per heavy atom. The van der Waals surface area contributed by atoms with E-state index in [0.717, 1.165) is 5.56 Å². The van der Waals surface area contributed by atoms with Gasteiger partial charge < -0.3 is 9.84 Å². The molecule has 1 saturated heterocycles. The van der Waals surface area contributed by atoms with Gasteiger partial charge in [0, 0.05) is 34.1 Å². The van der Waals surface area contributed by atoms with E-state index in [9.17, 15) is 9.90 Å². The quantitative estimate of drug-likeness (QED) is 0.542. The van der Waals surface area contributed by atoms with Crippen LogP contribution in [-0.4, -0.2) is 30.9 Å². The van der Waals surface area contributed by atoms with E-state index in [0.29, 0.717) is 27.0 Å². The number of hydrogen-bond donors (Lipinski definition) is 1. The second-order valence-electron chi connectivity index (χ2n) is 7.51. The van der Waals surface area contributed by atoms with Gasteiger partial charge in [-0.2, -0.15) is 0 Å². The smallest absolute Gasteiger partial charge is 0.332 e. The van der Waals surface area contributed by atoms with Crippen molar-refractivity contribution >= 4 is 40.6 Å². The van der Waals surface area contributed by atoms with Gasteiger partial charge in [0.25, 0.3) is 0 Å². The van der Waals surface area contributed by atoms with E-state index in [1.807, 2.05) is 31.2 Å². The van der Waals surface area contributed by atoms with Crippen LogP contribution in [0.4, 0.5) is 16.2 Å². The lowest BCUT2D eigenvalue weighted by molar-refractivity contribution is 0.00488. The van der Waals surface area contributed by atoms with Gasteiger partial charge in [-0.05, 0) is 55.5 Å². The zero-order valence-electron chi connectivity index (χ0n) is 17.1. The Bertz CT molecular complexity index is 1090. The molecule has 0 aromatic heterocycles. The summed E-state index contributed by atoms with van der Waals surface area (Å²) in [6.45, 7) is 2.06. The number of aliphatic hydroxyl groups is 1. The molecule has 1 unspecified atom stereocenters. The fourth-order valence-corrected chi connectivity index (χ4v) is 4.30. The Kier molecular flexibility index (Phi) is 5.95. The molecule has 0 aliphatic carbocycles. The lowest BCUT2D eigenvalue weighted by atomic mass is 9.92. The van der Waals surface area contributed by atoms with E-state index in [-0.39, 0.29) is 12.6 Å². The molecule has 0 spiro atoms. The largest absolute Gasteiger partial charge is 0.382 e. The Balaban J connectivity index is 1.95. The van der Waals surface area contributed by atoms with Crippen LogP contribution in [0.5, 0.6) is 0 Å². The van der Waals surface area contributed by atoms with Crippen LogP contribution >= 0.6 is 23.2 Å². The van der Waals surface area contributed by atoms with E-state index >= 15 is 0 Å². The van der Waals surface area contributed by atoms with Gasteiger partial charge in [0.15, 0.2) is 5.72 Å². The minimum atomic E-state index is -1.69. The van der Waals surface area contributed by atoms with Crippen molar-refractivity contribution in [1.82, 2.24) is 0 Å². The second-order valence-corrected chi connectivity index (χ2v) is 8.38. The fraction of sp³-hybridized carbons (Fsp3) is 0.208. The molecular formula is C24H22Cl2N2O3. The number of rotatable bonds is 5. The number of carbonyl (C=O) groups is 1. The summed E-state index contributed by atoms with van der Waals surface area (Å²) in [6, 6.07) is 20.2. The molecule has 5 nitrogen and oxygen atoms in total. The number of methoxy groups -OCH3 is 1. The number of amides is 2. The first-order valence-electron chi connectivity index (χ1n) is 9.79. The minimum absolute atomic E-state index is 0.114. The third kappa shape index (κ3) is 3.79. The molecule has 0 saturated carbocycles. The van der Waals surface area contributed by atoms with Crippen LogP contribution in [0.25, 0.3) is 0 Å². The summed E-state index contributed by atoms with van der Waals surface area (Å²) in [5.41, 5.74) is 1.01.